The van der Waals surface area contributed by atoms with Crippen molar-refractivity contribution >= 4 is 60.7 Å². The molecule has 1 fully saturated rings. The van der Waals surface area contributed by atoms with Crippen molar-refractivity contribution in [2.24, 2.45) is 0 Å². The number of halogens is 2. The van der Waals surface area contributed by atoms with Gasteiger partial charge in [-0.3, -0.25) is 9.59 Å². The van der Waals surface area contributed by atoms with Gasteiger partial charge in [0.1, 0.15) is 9.75 Å². The Bertz CT molecular complexity index is 1040. The van der Waals surface area contributed by atoms with Gasteiger partial charge in [-0.15, -0.1) is 11.3 Å². The van der Waals surface area contributed by atoms with Gasteiger partial charge in [-0.1, -0.05) is 11.6 Å². The Morgan fingerprint density at radius 2 is 1.71 bits per heavy atom. The highest BCUT2D eigenvalue weighted by molar-refractivity contribution is 9.11. The van der Waals surface area contributed by atoms with Crippen LogP contribution in [0.5, 0.6) is 0 Å². The van der Waals surface area contributed by atoms with Gasteiger partial charge < -0.3 is 16.0 Å². The summed E-state index contributed by atoms with van der Waals surface area (Å²) in [6, 6.07) is 9.61. The number of amides is 2. The lowest BCUT2D eigenvalue weighted by Gasteiger charge is -2.36. The number of nitrogens with one attached hydrogen (secondary N) is 4. The average molecular weight is 550 g/mol. The molecule has 2 amide bonds. The smallest absolute Gasteiger partial charge is 0.251 e. The fourth-order valence-electron chi connectivity index (χ4n) is 3.20. The lowest BCUT2D eigenvalue weighted by molar-refractivity contribution is -0.127. The maximum absolute atomic E-state index is 13.0. The third-order valence-corrected chi connectivity index (χ3v) is 8.74. The Hall–Kier alpha value is -1.50. The second-order valence-corrected chi connectivity index (χ2v) is 11.8. The van der Waals surface area contributed by atoms with Crippen molar-refractivity contribution in [2.45, 2.75) is 22.6 Å². The van der Waals surface area contributed by atoms with Crippen LogP contribution in [0, 0.1) is 0 Å². The maximum Gasteiger partial charge on any atom is 0.251 e. The van der Waals surface area contributed by atoms with E-state index in [0.29, 0.717) is 40.3 Å². The molecular formula is C19H22BrClN4O4S2. The first-order chi connectivity index (χ1) is 14.7. The molecule has 2 aromatic rings. The number of hydrogen-bond donors (Lipinski definition) is 4. The minimum atomic E-state index is -3.86. The second-order valence-electron chi connectivity index (χ2n) is 7.01. The number of carbonyl (C=O) groups excluding carboxylic acids is 2. The topological polar surface area (TPSA) is 116 Å². The molecule has 168 valence electrons. The molecule has 0 bridgehead atoms. The van der Waals surface area contributed by atoms with Crippen LogP contribution in [0.3, 0.4) is 0 Å². The zero-order valence-corrected chi connectivity index (χ0v) is 20.4. The van der Waals surface area contributed by atoms with Crippen molar-refractivity contribution in [3.05, 3.63) is 50.8 Å². The summed E-state index contributed by atoms with van der Waals surface area (Å²) in [4.78, 5) is 25.1. The standard InChI is InChI=1S/C19H22BrClN4O4S2/c20-15-5-6-16(30-15)31(28,29)25-19(7-9-22-10-8-19)18(27)24-12-11-23-17(26)13-1-3-14(21)4-2-13/h1-6,22,25H,7-12H2,(H,23,26)(H,24,27). The van der Waals surface area contributed by atoms with Crippen molar-refractivity contribution in [1.82, 2.24) is 20.7 Å². The molecule has 0 saturated carbocycles. The third-order valence-electron chi connectivity index (χ3n) is 4.84. The number of hydrogen-bond acceptors (Lipinski definition) is 6. The minimum absolute atomic E-state index is 0.139. The van der Waals surface area contributed by atoms with Gasteiger partial charge >= 0.3 is 0 Å². The number of thiophene rings is 1. The van der Waals surface area contributed by atoms with Gasteiger partial charge in [-0.25, -0.2) is 8.42 Å². The van der Waals surface area contributed by atoms with Gasteiger partial charge in [-0.05, 0) is 78.3 Å². The van der Waals surface area contributed by atoms with Crippen LogP contribution >= 0.6 is 38.9 Å². The summed E-state index contributed by atoms with van der Waals surface area (Å²) in [7, 11) is -3.86. The summed E-state index contributed by atoms with van der Waals surface area (Å²) < 4.78 is 29.1. The van der Waals surface area contributed by atoms with Crippen molar-refractivity contribution in [3.63, 3.8) is 0 Å². The van der Waals surface area contributed by atoms with Crippen molar-refractivity contribution in [1.29, 1.82) is 0 Å². The van der Waals surface area contributed by atoms with E-state index in [-0.39, 0.29) is 23.2 Å². The van der Waals surface area contributed by atoms with E-state index in [4.69, 9.17) is 11.6 Å². The fraction of sp³-hybridized carbons (Fsp3) is 0.368. The van der Waals surface area contributed by atoms with Crippen LogP contribution in [0.25, 0.3) is 0 Å². The Morgan fingerprint density at radius 1 is 1.06 bits per heavy atom. The molecule has 3 rings (SSSR count). The summed E-state index contributed by atoms with van der Waals surface area (Å²) in [5.41, 5.74) is -0.791. The third kappa shape index (κ3) is 6.27. The molecule has 1 aromatic carbocycles. The number of piperidine rings is 1. The van der Waals surface area contributed by atoms with E-state index in [2.05, 4.69) is 36.6 Å². The molecule has 0 unspecified atom stereocenters. The summed E-state index contributed by atoms with van der Waals surface area (Å²) >= 11 is 10.2. The van der Waals surface area contributed by atoms with Crippen molar-refractivity contribution < 1.29 is 18.0 Å². The monoisotopic (exact) mass is 548 g/mol. The van der Waals surface area contributed by atoms with Crippen LogP contribution in [0.1, 0.15) is 23.2 Å². The lowest BCUT2D eigenvalue weighted by Crippen LogP contribution is -2.63. The summed E-state index contributed by atoms with van der Waals surface area (Å²) in [5.74, 6) is -0.694. The molecule has 12 heteroatoms. The quantitative estimate of drug-likeness (QED) is 0.377. The molecular weight excluding hydrogens is 528 g/mol. The summed E-state index contributed by atoms with van der Waals surface area (Å²) in [6.45, 7) is 1.39. The van der Waals surface area contributed by atoms with Gasteiger partial charge in [-0.2, -0.15) is 4.72 Å². The SMILES string of the molecule is O=C(NCCNC(=O)C1(NS(=O)(=O)c2ccc(Br)s2)CCNCC1)c1ccc(Cl)cc1. The molecule has 1 aliphatic rings. The molecule has 0 atom stereocenters. The Kier molecular flexibility index (Phi) is 8.11. The van der Waals surface area contributed by atoms with Gasteiger partial charge in [0.05, 0.1) is 3.79 Å². The van der Waals surface area contributed by atoms with E-state index in [0.717, 1.165) is 11.3 Å². The van der Waals surface area contributed by atoms with Gasteiger partial charge in [0.25, 0.3) is 15.9 Å². The first-order valence-corrected chi connectivity index (χ1v) is 13.0. The normalized spacial score (nSPS) is 15.9. The molecule has 1 aliphatic heterocycles. The van der Waals surface area contributed by atoms with Crippen LogP contribution in [0.2, 0.25) is 5.02 Å². The summed E-state index contributed by atoms with van der Waals surface area (Å²) in [5, 5.41) is 9.15. The van der Waals surface area contributed by atoms with E-state index in [1.807, 2.05) is 0 Å². The lowest BCUT2D eigenvalue weighted by atomic mass is 9.88. The number of carbonyl (C=O) groups is 2. The highest BCUT2D eigenvalue weighted by Gasteiger charge is 2.43. The Labute approximate surface area is 198 Å². The van der Waals surface area contributed by atoms with E-state index in [1.54, 1.807) is 30.3 Å². The van der Waals surface area contributed by atoms with Gasteiger partial charge in [0.2, 0.25) is 5.91 Å². The number of sulfonamides is 1. The van der Waals surface area contributed by atoms with Crippen LogP contribution in [0.15, 0.2) is 44.4 Å². The van der Waals surface area contributed by atoms with Crippen LogP contribution in [-0.4, -0.2) is 52.0 Å². The molecule has 1 aromatic heterocycles. The largest absolute Gasteiger partial charge is 0.353 e. The van der Waals surface area contributed by atoms with Gasteiger partial charge in [0, 0.05) is 23.7 Å². The highest BCUT2D eigenvalue weighted by atomic mass is 79.9. The van der Waals surface area contributed by atoms with E-state index in [9.17, 15) is 18.0 Å². The minimum Gasteiger partial charge on any atom is -0.353 e. The Morgan fingerprint density at radius 3 is 2.32 bits per heavy atom. The molecule has 0 spiro atoms. The Balaban J connectivity index is 1.59. The van der Waals surface area contributed by atoms with Crippen molar-refractivity contribution in [2.75, 3.05) is 26.2 Å². The molecule has 31 heavy (non-hydrogen) atoms. The molecule has 1 saturated heterocycles. The molecule has 8 nitrogen and oxygen atoms in total. The van der Waals surface area contributed by atoms with E-state index >= 15 is 0 Å². The van der Waals surface area contributed by atoms with Crippen LogP contribution in [0.4, 0.5) is 0 Å². The highest BCUT2D eigenvalue weighted by Crippen LogP contribution is 2.28. The van der Waals surface area contributed by atoms with E-state index < -0.39 is 21.5 Å². The first kappa shape index (κ1) is 24.1. The van der Waals surface area contributed by atoms with Crippen LogP contribution in [-0.2, 0) is 14.8 Å². The zero-order valence-electron chi connectivity index (χ0n) is 16.4. The van der Waals surface area contributed by atoms with Gasteiger partial charge in [0.15, 0.2) is 0 Å². The van der Waals surface area contributed by atoms with Crippen molar-refractivity contribution in [3.8, 4) is 0 Å². The summed E-state index contributed by atoms with van der Waals surface area (Å²) in [6.07, 6.45) is 0.642. The average Bonchev–Trinajstić information content (AvgIpc) is 3.19. The number of rotatable bonds is 8. The molecule has 0 aliphatic carbocycles. The van der Waals surface area contributed by atoms with E-state index in [1.165, 1.54) is 6.07 Å². The van der Waals surface area contributed by atoms with Crippen LogP contribution < -0.4 is 20.7 Å². The fourth-order valence-corrected chi connectivity index (χ4v) is 6.76. The molecule has 2 heterocycles. The maximum atomic E-state index is 13.0. The molecule has 4 N–H and O–H groups in total. The molecule has 0 radical (unpaired) electrons. The first-order valence-electron chi connectivity index (χ1n) is 9.54. The second kappa shape index (κ2) is 10.4. The number of benzene rings is 1. The predicted octanol–water partition coefficient (Wildman–Crippen LogP) is 2.11. The predicted molar refractivity (Wildman–Crippen MR) is 124 cm³/mol. The zero-order chi connectivity index (χ0) is 22.5.